The van der Waals surface area contributed by atoms with E-state index in [-0.39, 0.29) is 5.78 Å². The van der Waals surface area contributed by atoms with Crippen molar-refractivity contribution in [3.8, 4) is 0 Å². The van der Waals surface area contributed by atoms with Crippen LogP contribution in [0.25, 0.3) is 0 Å². The van der Waals surface area contributed by atoms with Gasteiger partial charge in [0.2, 0.25) is 0 Å². The molecule has 0 N–H and O–H groups in total. The Bertz CT molecular complexity index is 507. The van der Waals surface area contributed by atoms with E-state index in [4.69, 9.17) is 4.74 Å². The molecule has 0 unspecified atom stereocenters. The molecule has 4 nitrogen and oxygen atoms in total. The van der Waals surface area contributed by atoms with Gasteiger partial charge in [-0.15, -0.1) is 0 Å². The van der Waals surface area contributed by atoms with Crippen LogP contribution in [0.1, 0.15) is 57.8 Å². The summed E-state index contributed by atoms with van der Waals surface area (Å²) in [6, 6.07) is 2.01. The van der Waals surface area contributed by atoms with Crippen molar-refractivity contribution in [3.05, 3.63) is 17.5 Å². The molecule has 1 aliphatic rings. The minimum absolute atomic E-state index is 0.204. The zero-order valence-corrected chi connectivity index (χ0v) is 14.0. The van der Waals surface area contributed by atoms with Gasteiger partial charge in [0.25, 0.3) is 0 Å². The van der Waals surface area contributed by atoms with Crippen LogP contribution < -0.4 is 0 Å². The lowest BCUT2D eigenvalue weighted by molar-refractivity contribution is -0.147. The van der Waals surface area contributed by atoms with E-state index in [9.17, 15) is 4.79 Å². The quantitative estimate of drug-likeness (QED) is 0.836. The fourth-order valence-corrected chi connectivity index (χ4v) is 3.27. The highest BCUT2D eigenvalue weighted by Crippen LogP contribution is 2.42. The second kappa shape index (κ2) is 5.91. The Morgan fingerprint density at radius 1 is 1.33 bits per heavy atom. The number of Topliss-reactive ketones (excluding diaryl/α,β-unsaturated/α-hetero) is 1. The number of nitrogens with zero attached hydrogens (tertiary/aromatic N) is 2. The van der Waals surface area contributed by atoms with Crippen LogP contribution >= 0.6 is 0 Å². The van der Waals surface area contributed by atoms with E-state index in [0.717, 1.165) is 43.6 Å². The van der Waals surface area contributed by atoms with E-state index in [2.05, 4.69) is 25.9 Å². The van der Waals surface area contributed by atoms with Gasteiger partial charge in [0, 0.05) is 19.3 Å². The van der Waals surface area contributed by atoms with Crippen LogP contribution in [0.5, 0.6) is 0 Å². The summed E-state index contributed by atoms with van der Waals surface area (Å²) in [6.07, 6.45) is 4.16. The topological polar surface area (TPSA) is 44.1 Å². The fraction of sp³-hybridized carbons (Fsp3) is 0.765. The molecule has 1 aromatic rings. The first-order valence-electron chi connectivity index (χ1n) is 7.94. The van der Waals surface area contributed by atoms with Gasteiger partial charge in [0.1, 0.15) is 5.60 Å². The van der Waals surface area contributed by atoms with E-state index in [1.165, 1.54) is 0 Å². The lowest BCUT2D eigenvalue weighted by atomic mass is 9.69. The summed E-state index contributed by atoms with van der Waals surface area (Å²) in [5, 5.41) is 4.42. The summed E-state index contributed by atoms with van der Waals surface area (Å²) in [5.41, 5.74) is 1.70. The molecule has 4 heteroatoms. The summed E-state index contributed by atoms with van der Waals surface area (Å²) in [6.45, 7) is 9.35. The van der Waals surface area contributed by atoms with Gasteiger partial charge in [-0.2, -0.15) is 5.10 Å². The Hall–Kier alpha value is -1.16. The fourth-order valence-electron chi connectivity index (χ4n) is 3.27. The lowest BCUT2D eigenvalue weighted by Gasteiger charge is -2.41. The van der Waals surface area contributed by atoms with E-state index < -0.39 is 5.60 Å². The molecule has 1 saturated carbocycles. The third-order valence-electron chi connectivity index (χ3n) is 4.94. The minimum Gasteiger partial charge on any atom is -0.370 e. The van der Waals surface area contributed by atoms with Crippen LogP contribution in [0.2, 0.25) is 0 Å². The first kappa shape index (κ1) is 16.2. The number of hydrogen-bond donors (Lipinski definition) is 0. The number of ketones is 1. The maximum atomic E-state index is 12.8. The van der Waals surface area contributed by atoms with Crippen LogP contribution in [-0.2, 0) is 22.5 Å². The van der Waals surface area contributed by atoms with E-state index in [0.29, 0.717) is 11.8 Å². The zero-order chi connectivity index (χ0) is 15.7. The van der Waals surface area contributed by atoms with Crippen LogP contribution in [0.15, 0.2) is 6.07 Å². The van der Waals surface area contributed by atoms with Crippen molar-refractivity contribution in [2.45, 2.75) is 71.9 Å². The predicted octanol–water partition coefficient (Wildman–Crippen LogP) is 3.31. The van der Waals surface area contributed by atoms with Gasteiger partial charge in [0.05, 0.1) is 12.1 Å². The standard InChI is InChI=1S/C17H28N2O2/c1-6-19-14(11-13(2)18-19)12-15(20)17(21-5)9-7-16(3,4)8-10-17/h11H,6-10,12H2,1-5H3. The minimum atomic E-state index is -0.591. The van der Waals surface area contributed by atoms with Crippen molar-refractivity contribution in [3.63, 3.8) is 0 Å². The van der Waals surface area contributed by atoms with Crippen LogP contribution in [0.4, 0.5) is 0 Å². The Morgan fingerprint density at radius 2 is 1.95 bits per heavy atom. The van der Waals surface area contributed by atoms with Crippen molar-refractivity contribution >= 4 is 5.78 Å². The number of aryl methyl sites for hydroxylation is 2. The molecule has 0 saturated heterocycles. The third kappa shape index (κ3) is 3.37. The molecule has 1 heterocycles. The molecule has 1 aromatic heterocycles. The summed E-state index contributed by atoms with van der Waals surface area (Å²) in [5.74, 6) is 0.204. The summed E-state index contributed by atoms with van der Waals surface area (Å²) >= 11 is 0. The van der Waals surface area contributed by atoms with Gasteiger partial charge in [-0.25, -0.2) is 0 Å². The highest BCUT2D eigenvalue weighted by molar-refractivity contribution is 5.89. The maximum absolute atomic E-state index is 12.8. The monoisotopic (exact) mass is 292 g/mol. The second-order valence-corrected chi connectivity index (χ2v) is 7.06. The molecule has 0 atom stereocenters. The summed E-state index contributed by atoms with van der Waals surface area (Å²) in [7, 11) is 1.68. The molecule has 0 spiro atoms. The highest BCUT2D eigenvalue weighted by atomic mass is 16.5. The average Bonchev–Trinajstić information content (AvgIpc) is 2.79. The van der Waals surface area contributed by atoms with Crippen molar-refractivity contribution < 1.29 is 9.53 Å². The van der Waals surface area contributed by atoms with Crippen LogP contribution in [-0.4, -0.2) is 28.3 Å². The summed E-state index contributed by atoms with van der Waals surface area (Å²) < 4.78 is 7.63. The first-order chi connectivity index (χ1) is 9.82. The number of aromatic nitrogens is 2. The number of methoxy groups -OCH3 is 1. The van der Waals surface area contributed by atoms with Gasteiger partial charge in [0.15, 0.2) is 5.78 Å². The normalized spacial score (nSPS) is 20.4. The second-order valence-electron chi connectivity index (χ2n) is 7.06. The van der Waals surface area contributed by atoms with Crippen molar-refractivity contribution in [1.29, 1.82) is 0 Å². The first-order valence-corrected chi connectivity index (χ1v) is 7.94. The molecule has 2 rings (SSSR count). The molecule has 1 aliphatic carbocycles. The Balaban J connectivity index is 2.14. The average molecular weight is 292 g/mol. The van der Waals surface area contributed by atoms with Crippen LogP contribution in [0, 0.1) is 12.3 Å². The Labute approximate surface area is 127 Å². The molecular formula is C17H28N2O2. The number of carbonyl (C=O) groups excluding carboxylic acids is 1. The van der Waals surface area contributed by atoms with Crippen LogP contribution in [0.3, 0.4) is 0 Å². The number of hydrogen-bond acceptors (Lipinski definition) is 3. The molecular weight excluding hydrogens is 264 g/mol. The lowest BCUT2D eigenvalue weighted by Crippen LogP contribution is -2.46. The maximum Gasteiger partial charge on any atom is 0.170 e. The molecule has 118 valence electrons. The number of rotatable bonds is 5. The Morgan fingerprint density at radius 3 is 2.48 bits per heavy atom. The van der Waals surface area contributed by atoms with Gasteiger partial charge in [-0.3, -0.25) is 9.48 Å². The number of carbonyl (C=O) groups is 1. The molecule has 0 bridgehead atoms. The third-order valence-corrected chi connectivity index (χ3v) is 4.94. The Kier molecular flexibility index (Phi) is 4.57. The van der Waals surface area contributed by atoms with Crippen molar-refractivity contribution in [2.75, 3.05) is 7.11 Å². The van der Waals surface area contributed by atoms with Gasteiger partial charge in [-0.05, 0) is 51.0 Å². The zero-order valence-electron chi connectivity index (χ0n) is 14.0. The summed E-state index contributed by atoms with van der Waals surface area (Å²) in [4.78, 5) is 12.8. The number of ether oxygens (including phenoxy) is 1. The SMILES string of the molecule is CCn1nc(C)cc1CC(=O)C1(OC)CCC(C)(C)CC1. The molecule has 0 aromatic carbocycles. The molecule has 0 radical (unpaired) electrons. The predicted molar refractivity (Wildman–Crippen MR) is 83.3 cm³/mol. The molecule has 21 heavy (non-hydrogen) atoms. The van der Waals surface area contributed by atoms with Crippen molar-refractivity contribution in [2.24, 2.45) is 5.41 Å². The van der Waals surface area contributed by atoms with E-state index in [1.54, 1.807) is 7.11 Å². The van der Waals surface area contributed by atoms with E-state index >= 15 is 0 Å². The van der Waals surface area contributed by atoms with Gasteiger partial charge in [-0.1, -0.05) is 13.8 Å². The molecule has 0 amide bonds. The van der Waals surface area contributed by atoms with Crippen molar-refractivity contribution in [1.82, 2.24) is 9.78 Å². The smallest absolute Gasteiger partial charge is 0.170 e. The van der Waals surface area contributed by atoms with Gasteiger partial charge < -0.3 is 4.74 Å². The highest BCUT2D eigenvalue weighted by Gasteiger charge is 2.43. The largest absolute Gasteiger partial charge is 0.370 e. The van der Waals surface area contributed by atoms with E-state index in [1.807, 2.05) is 17.7 Å². The molecule has 1 fully saturated rings. The molecule has 0 aliphatic heterocycles. The van der Waals surface area contributed by atoms with Gasteiger partial charge >= 0.3 is 0 Å².